The number of phenolic OH excluding ortho intramolecular Hbond substituents is 2. The number of aryl methyl sites for hydroxylation is 1. The summed E-state index contributed by atoms with van der Waals surface area (Å²) in [6.07, 6.45) is 7.89. The monoisotopic (exact) mass is 504 g/mol. The van der Waals surface area contributed by atoms with Gasteiger partial charge < -0.3 is 10.2 Å². The maximum absolute atomic E-state index is 11.2. The first-order valence-corrected chi connectivity index (χ1v) is 13.8. The summed E-state index contributed by atoms with van der Waals surface area (Å²) in [5.41, 5.74) is 5.39. The third-order valence-electron chi connectivity index (χ3n) is 7.41. The molecule has 0 amide bonds. The van der Waals surface area contributed by atoms with Crippen molar-refractivity contribution in [2.75, 3.05) is 0 Å². The average Bonchev–Trinajstić information content (AvgIpc) is 2.77. The second kappa shape index (κ2) is 10.6. The Labute approximate surface area is 225 Å². The van der Waals surface area contributed by atoms with Crippen molar-refractivity contribution in [3.8, 4) is 11.5 Å². The minimum absolute atomic E-state index is 0.0321. The lowest BCUT2D eigenvalue weighted by Crippen LogP contribution is -2.27. The largest absolute Gasteiger partial charge is 0.507 e. The Morgan fingerprint density at radius 3 is 1.51 bits per heavy atom. The summed E-state index contributed by atoms with van der Waals surface area (Å²) in [5, 5.41) is 22.1. The lowest BCUT2D eigenvalue weighted by atomic mass is 9.79. The van der Waals surface area contributed by atoms with E-state index in [9.17, 15) is 10.2 Å². The summed E-state index contributed by atoms with van der Waals surface area (Å²) < 4.78 is 0. The number of aliphatic imine (C=N–C) groups is 2. The molecule has 0 spiro atoms. The molecule has 1 fully saturated rings. The van der Waals surface area contributed by atoms with Crippen LogP contribution in [0.25, 0.3) is 0 Å². The normalized spacial score (nSPS) is 19.7. The second-order valence-corrected chi connectivity index (χ2v) is 13.9. The Hall–Kier alpha value is -2.62. The van der Waals surface area contributed by atoms with Crippen LogP contribution in [0.1, 0.15) is 121 Å². The van der Waals surface area contributed by atoms with Gasteiger partial charge >= 0.3 is 0 Å². The first kappa shape index (κ1) is 28.9. The highest BCUT2D eigenvalue weighted by Gasteiger charge is 2.27. The summed E-state index contributed by atoms with van der Waals surface area (Å²) in [7, 11) is 0. The third-order valence-corrected chi connectivity index (χ3v) is 7.41. The standard InChI is InChI=1S/C33H48N2O2/c1-21-15-22(29(36)25(16-21)32(5,6)7)19-34-27-13-11-12-14-28(27)35-20-23-17-24(31(2,3)4)18-26(30(23)37)33(8,9)10/h15-20,27-28,36-37H,11-14H2,1-10H3/b34-19+,35-20+/t27-,28-/m1/s1. The molecule has 4 nitrogen and oxygen atoms in total. The van der Waals surface area contributed by atoms with Crippen LogP contribution in [-0.4, -0.2) is 34.7 Å². The molecular weight excluding hydrogens is 456 g/mol. The molecule has 2 aromatic rings. The summed E-state index contributed by atoms with van der Waals surface area (Å²) in [4.78, 5) is 9.94. The van der Waals surface area contributed by atoms with Crippen molar-refractivity contribution in [1.29, 1.82) is 0 Å². The number of hydrogen-bond acceptors (Lipinski definition) is 4. The zero-order chi connectivity index (χ0) is 27.8. The molecule has 1 saturated carbocycles. The number of aromatic hydroxyl groups is 2. The van der Waals surface area contributed by atoms with E-state index in [4.69, 9.17) is 9.98 Å². The van der Waals surface area contributed by atoms with E-state index in [1.54, 1.807) is 0 Å². The molecule has 2 aromatic carbocycles. The van der Waals surface area contributed by atoms with Crippen LogP contribution in [0.5, 0.6) is 11.5 Å². The lowest BCUT2D eigenvalue weighted by Gasteiger charge is -2.28. The highest BCUT2D eigenvalue weighted by molar-refractivity contribution is 5.86. The van der Waals surface area contributed by atoms with Gasteiger partial charge in [0.1, 0.15) is 11.5 Å². The predicted octanol–water partition coefficient (Wildman–Crippen LogP) is 8.15. The molecule has 202 valence electrons. The fourth-order valence-electron chi connectivity index (χ4n) is 5.03. The molecule has 2 atom stereocenters. The topological polar surface area (TPSA) is 65.2 Å². The van der Waals surface area contributed by atoms with Gasteiger partial charge in [0.25, 0.3) is 0 Å². The van der Waals surface area contributed by atoms with Crippen LogP contribution in [0.4, 0.5) is 0 Å². The Bertz CT molecular complexity index is 1170. The molecule has 0 aromatic heterocycles. The van der Waals surface area contributed by atoms with Crippen molar-refractivity contribution >= 4 is 12.4 Å². The summed E-state index contributed by atoms with van der Waals surface area (Å²) >= 11 is 0. The number of rotatable bonds is 4. The molecule has 3 rings (SSSR count). The molecule has 1 aliphatic rings. The SMILES string of the molecule is Cc1cc(/C=N/[C@@H]2CCCC[C@H]2/N=C/c2cc(C(C)(C)C)cc(C(C)(C)C)c2O)c(O)c(C(C)(C)C)c1. The molecule has 4 heteroatoms. The molecular formula is C33H48N2O2. The van der Waals surface area contributed by atoms with E-state index in [1.807, 2.05) is 18.5 Å². The van der Waals surface area contributed by atoms with Gasteiger partial charge in [0.15, 0.2) is 0 Å². The molecule has 0 saturated heterocycles. The van der Waals surface area contributed by atoms with Gasteiger partial charge in [-0.15, -0.1) is 0 Å². The van der Waals surface area contributed by atoms with Gasteiger partial charge in [-0.1, -0.05) is 87.3 Å². The van der Waals surface area contributed by atoms with E-state index >= 15 is 0 Å². The fraction of sp³-hybridized carbons (Fsp3) is 0.576. The van der Waals surface area contributed by atoms with E-state index in [-0.39, 0.29) is 28.3 Å². The first-order valence-electron chi connectivity index (χ1n) is 13.8. The van der Waals surface area contributed by atoms with Crippen LogP contribution < -0.4 is 0 Å². The average molecular weight is 505 g/mol. The van der Waals surface area contributed by atoms with E-state index in [1.165, 1.54) is 5.56 Å². The van der Waals surface area contributed by atoms with Crippen molar-refractivity contribution in [2.24, 2.45) is 9.98 Å². The van der Waals surface area contributed by atoms with Crippen LogP contribution in [0.15, 0.2) is 34.3 Å². The Kier molecular flexibility index (Phi) is 8.32. The Morgan fingerprint density at radius 1 is 0.649 bits per heavy atom. The van der Waals surface area contributed by atoms with Crippen LogP contribution in [-0.2, 0) is 16.2 Å². The van der Waals surface area contributed by atoms with Crippen molar-refractivity contribution in [2.45, 2.75) is 123 Å². The van der Waals surface area contributed by atoms with Crippen LogP contribution in [0.3, 0.4) is 0 Å². The van der Waals surface area contributed by atoms with E-state index in [0.717, 1.165) is 53.5 Å². The first-order chi connectivity index (χ1) is 17.0. The summed E-state index contributed by atoms with van der Waals surface area (Å²) in [6, 6.07) is 8.38. The molecule has 1 aliphatic carbocycles. The molecule has 0 aliphatic heterocycles. The highest BCUT2D eigenvalue weighted by atomic mass is 16.3. The van der Waals surface area contributed by atoms with Gasteiger partial charge in [0.05, 0.1) is 12.1 Å². The second-order valence-electron chi connectivity index (χ2n) is 13.9. The van der Waals surface area contributed by atoms with E-state index in [2.05, 4.69) is 87.4 Å². The summed E-state index contributed by atoms with van der Waals surface area (Å²) in [5.74, 6) is 0.635. The number of hydrogen-bond donors (Lipinski definition) is 2. The smallest absolute Gasteiger partial charge is 0.128 e. The van der Waals surface area contributed by atoms with Crippen LogP contribution in [0, 0.1) is 6.92 Å². The van der Waals surface area contributed by atoms with Gasteiger partial charge in [-0.05, 0) is 59.3 Å². The van der Waals surface area contributed by atoms with Gasteiger partial charge in [-0.3, -0.25) is 9.98 Å². The maximum atomic E-state index is 11.2. The molecule has 2 N–H and O–H groups in total. The van der Waals surface area contributed by atoms with E-state index < -0.39 is 0 Å². The van der Waals surface area contributed by atoms with E-state index in [0.29, 0.717) is 11.5 Å². The molecule has 0 bridgehead atoms. The Balaban J connectivity index is 1.95. The van der Waals surface area contributed by atoms with Crippen LogP contribution >= 0.6 is 0 Å². The number of benzene rings is 2. The minimum atomic E-state index is -0.173. The van der Waals surface area contributed by atoms with Gasteiger partial charge in [-0.25, -0.2) is 0 Å². The summed E-state index contributed by atoms with van der Waals surface area (Å²) in [6.45, 7) is 21.4. The van der Waals surface area contributed by atoms with Crippen molar-refractivity contribution in [3.05, 3.63) is 57.6 Å². The molecule has 37 heavy (non-hydrogen) atoms. The maximum Gasteiger partial charge on any atom is 0.128 e. The predicted molar refractivity (Wildman–Crippen MR) is 158 cm³/mol. The zero-order valence-electron chi connectivity index (χ0n) is 24.7. The van der Waals surface area contributed by atoms with Gasteiger partial charge in [0, 0.05) is 34.7 Å². The quantitative estimate of drug-likeness (QED) is 0.413. The Morgan fingerprint density at radius 2 is 1.08 bits per heavy atom. The minimum Gasteiger partial charge on any atom is -0.507 e. The number of nitrogens with zero attached hydrogens (tertiary/aromatic N) is 2. The number of phenols is 2. The van der Waals surface area contributed by atoms with Crippen molar-refractivity contribution < 1.29 is 10.2 Å². The molecule has 0 unspecified atom stereocenters. The van der Waals surface area contributed by atoms with Gasteiger partial charge in [0.2, 0.25) is 0 Å². The van der Waals surface area contributed by atoms with Crippen molar-refractivity contribution in [1.82, 2.24) is 0 Å². The highest BCUT2D eigenvalue weighted by Crippen LogP contribution is 2.38. The van der Waals surface area contributed by atoms with Crippen molar-refractivity contribution in [3.63, 3.8) is 0 Å². The third kappa shape index (κ3) is 7.03. The van der Waals surface area contributed by atoms with Crippen LogP contribution in [0.2, 0.25) is 0 Å². The lowest BCUT2D eigenvalue weighted by molar-refractivity contribution is 0.389. The molecule has 0 radical (unpaired) electrons. The van der Waals surface area contributed by atoms with Gasteiger partial charge in [-0.2, -0.15) is 0 Å². The zero-order valence-corrected chi connectivity index (χ0v) is 24.7. The fourth-order valence-corrected chi connectivity index (χ4v) is 5.03. The molecule has 0 heterocycles.